The van der Waals surface area contributed by atoms with Crippen LogP contribution < -0.4 is 4.90 Å². The molecule has 1 aliphatic heterocycles. The van der Waals surface area contributed by atoms with Crippen molar-refractivity contribution in [1.29, 1.82) is 0 Å². The highest BCUT2D eigenvalue weighted by Crippen LogP contribution is 2.30. The summed E-state index contributed by atoms with van der Waals surface area (Å²) in [6.45, 7) is 2.39. The summed E-state index contributed by atoms with van der Waals surface area (Å²) in [7, 11) is 0. The molecule has 0 N–H and O–H groups in total. The van der Waals surface area contributed by atoms with Gasteiger partial charge in [0.15, 0.2) is 0 Å². The van der Waals surface area contributed by atoms with Gasteiger partial charge in [-0.05, 0) is 49.2 Å². The van der Waals surface area contributed by atoms with Crippen LogP contribution in [0, 0.1) is 0 Å². The maximum atomic E-state index is 2.51. The third kappa shape index (κ3) is 1.35. The van der Waals surface area contributed by atoms with Gasteiger partial charge in [0, 0.05) is 35.9 Å². The van der Waals surface area contributed by atoms with E-state index in [1.807, 2.05) is 0 Å². The Hall–Kier alpha value is -1.96. The van der Waals surface area contributed by atoms with E-state index in [9.17, 15) is 0 Å². The maximum absolute atomic E-state index is 2.51. The summed E-state index contributed by atoms with van der Waals surface area (Å²) < 4.78 is 2.27. The van der Waals surface area contributed by atoms with Gasteiger partial charge in [-0.2, -0.15) is 0 Å². The van der Waals surface area contributed by atoms with E-state index in [0.717, 1.165) is 0 Å². The van der Waals surface area contributed by atoms with Crippen molar-refractivity contribution in [2.45, 2.75) is 12.8 Å². The molecule has 3 heterocycles. The van der Waals surface area contributed by atoms with Crippen molar-refractivity contribution in [3.63, 3.8) is 0 Å². The molecule has 2 heteroatoms. The van der Waals surface area contributed by atoms with Crippen LogP contribution in [0.5, 0.6) is 0 Å². The Bertz CT molecular complexity index is 705. The van der Waals surface area contributed by atoms with E-state index in [4.69, 9.17) is 0 Å². The summed E-state index contributed by atoms with van der Waals surface area (Å²) in [6.07, 6.45) is 4.79. The lowest BCUT2D eigenvalue weighted by Crippen LogP contribution is -2.17. The predicted molar refractivity (Wildman–Crippen MR) is 76.4 cm³/mol. The molecule has 1 saturated heterocycles. The molecule has 0 atom stereocenters. The zero-order chi connectivity index (χ0) is 11.9. The lowest BCUT2D eigenvalue weighted by Gasteiger charge is -2.20. The Morgan fingerprint density at radius 3 is 2.61 bits per heavy atom. The molecule has 1 aromatic carbocycles. The summed E-state index contributed by atoms with van der Waals surface area (Å²) in [5.41, 5.74) is 3.96. The molecule has 0 amide bonds. The van der Waals surface area contributed by atoms with Gasteiger partial charge < -0.3 is 9.30 Å². The molecule has 2 nitrogen and oxygen atoms in total. The zero-order valence-corrected chi connectivity index (χ0v) is 10.3. The molecule has 0 bridgehead atoms. The molecule has 1 fully saturated rings. The van der Waals surface area contributed by atoms with Crippen LogP contribution in [-0.4, -0.2) is 17.5 Å². The van der Waals surface area contributed by atoms with Crippen LogP contribution in [0.1, 0.15) is 12.8 Å². The number of pyridine rings is 1. The quantitative estimate of drug-likeness (QED) is 0.625. The third-order valence-corrected chi connectivity index (χ3v) is 3.97. The molecular weight excluding hydrogens is 220 g/mol. The number of fused-ring (bicyclic) bond motifs is 3. The monoisotopic (exact) mass is 236 g/mol. The van der Waals surface area contributed by atoms with E-state index in [-0.39, 0.29) is 0 Å². The highest BCUT2D eigenvalue weighted by molar-refractivity contribution is 5.94. The number of hydrogen-bond acceptors (Lipinski definition) is 1. The van der Waals surface area contributed by atoms with Crippen molar-refractivity contribution in [2.75, 3.05) is 18.0 Å². The van der Waals surface area contributed by atoms with Crippen LogP contribution in [0.15, 0.2) is 48.7 Å². The second kappa shape index (κ2) is 3.77. The van der Waals surface area contributed by atoms with Crippen molar-refractivity contribution >= 4 is 22.1 Å². The lowest BCUT2D eigenvalue weighted by molar-refractivity contribution is 0.949. The minimum absolute atomic E-state index is 1.20. The molecule has 0 spiro atoms. The van der Waals surface area contributed by atoms with E-state index < -0.39 is 0 Å². The van der Waals surface area contributed by atoms with Gasteiger partial charge in [0.05, 0.1) is 5.52 Å². The molecule has 3 aromatic rings. The lowest BCUT2D eigenvalue weighted by atomic mass is 10.1. The topological polar surface area (TPSA) is 7.65 Å². The molecule has 90 valence electrons. The van der Waals surface area contributed by atoms with Gasteiger partial charge >= 0.3 is 0 Å². The van der Waals surface area contributed by atoms with Crippen LogP contribution in [0.3, 0.4) is 0 Å². The molecule has 4 rings (SSSR count). The van der Waals surface area contributed by atoms with E-state index in [0.29, 0.717) is 0 Å². The van der Waals surface area contributed by atoms with Crippen molar-refractivity contribution in [3.8, 4) is 0 Å². The minimum Gasteiger partial charge on any atom is -0.371 e. The molecule has 18 heavy (non-hydrogen) atoms. The second-order valence-electron chi connectivity index (χ2n) is 5.04. The number of rotatable bonds is 1. The summed E-state index contributed by atoms with van der Waals surface area (Å²) in [6, 6.07) is 15.4. The highest BCUT2D eigenvalue weighted by atomic mass is 15.1. The molecular formula is C16H16N2. The van der Waals surface area contributed by atoms with Gasteiger partial charge in [-0.25, -0.2) is 0 Å². The first kappa shape index (κ1) is 10.0. The predicted octanol–water partition coefficient (Wildman–Crippen LogP) is 3.69. The second-order valence-corrected chi connectivity index (χ2v) is 5.04. The van der Waals surface area contributed by atoms with Crippen molar-refractivity contribution in [3.05, 3.63) is 48.7 Å². The van der Waals surface area contributed by atoms with Gasteiger partial charge in [-0.15, -0.1) is 0 Å². The SMILES string of the molecule is c1cc(N2CCCC2)c2ccc3cccn3c2c1. The fourth-order valence-corrected chi connectivity index (χ4v) is 3.07. The van der Waals surface area contributed by atoms with Crippen molar-refractivity contribution in [2.24, 2.45) is 0 Å². The summed E-state index contributed by atoms with van der Waals surface area (Å²) in [5, 5.41) is 1.36. The average Bonchev–Trinajstić information content (AvgIpc) is 3.09. The fraction of sp³-hybridized carbons (Fsp3) is 0.250. The number of aromatic nitrogens is 1. The van der Waals surface area contributed by atoms with E-state index in [1.54, 1.807) is 0 Å². The molecule has 0 unspecified atom stereocenters. The Morgan fingerprint density at radius 1 is 0.833 bits per heavy atom. The molecule has 1 aliphatic rings. The maximum Gasteiger partial charge on any atom is 0.0548 e. The Balaban J connectivity index is 2.03. The number of hydrogen-bond donors (Lipinski definition) is 0. The minimum atomic E-state index is 1.20. The van der Waals surface area contributed by atoms with Crippen LogP contribution >= 0.6 is 0 Å². The van der Waals surface area contributed by atoms with Gasteiger partial charge in [0.2, 0.25) is 0 Å². The fourth-order valence-electron chi connectivity index (χ4n) is 3.07. The Kier molecular flexibility index (Phi) is 2.10. The largest absolute Gasteiger partial charge is 0.371 e. The van der Waals surface area contributed by atoms with Crippen LogP contribution in [0.25, 0.3) is 16.4 Å². The van der Waals surface area contributed by atoms with Crippen LogP contribution in [0.2, 0.25) is 0 Å². The summed E-state index contributed by atoms with van der Waals surface area (Å²) in [4.78, 5) is 2.51. The van der Waals surface area contributed by atoms with E-state index in [1.165, 1.54) is 48.0 Å². The van der Waals surface area contributed by atoms with Gasteiger partial charge in [0.1, 0.15) is 0 Å². The molecule has 2 aromatic heterocycles. The summed E-state index contributed by atoms with van der Waals surface area (Å²) >= 11 is 0. The van der Waals surface area contributed by atoms with Crippen molar-refractivity contribution in [1.82, 2.24) is 4.40 Å². The Morgan fingerprint density at radius 2 is 1.72 bits per heavy atom. The molecule has 0 radical (unpaired) electrons. The first-order valence-electron chi connectivity index (χ1n) is 6.67. The smallest absolute Gasteiger partial charge is 0.0548 e. The molecule has 0 saturated carbocycles. The standard InChI is InChI=1S/C16H16N2/c1-2-11-17(10-1)15-6-3-7-16-14(15)9-8-13-5-4-12-18(13)16/h3-9,12H,1-2,10-11H2. The Labute approximate surface area is 106 Å². The van der Waals surface area contributed by atoms with Crippen LogP contribution in [0.4, 0.5) is 5.69 Å². The van der Waals surface area contributed by atoms with Gasteiger partial charge in [0.25, 0.3) is 0 Å². The first-order chi connectivity index (χ1) is 8.93. The average molecular weight is 236 g/mol. The van der Waals surface area contributed by atoms with Gasteiger partial charge in [-0.3, -0.25) is 0 Å². The number of anilines is 1. The van der Waals surface area contributed by atoms with E-state index >= 15 is 0 Å². The summed E-state index contributed by atoms with van der Waals surface area (Å²) in [5.74, 6) is 0. The number of benzene rings is 1. The first-order valence-corrected chi connectivity index (χ1v) is 6.67. The highest BCUT2D eigenvalue weighted by Gasteiger charge is 2.15. The molecule has 0 aliphatic carbocycles. The van der Waals surface area contributed by atoms with E-state index in [2.05, 4.69) is 58.0 Å². The van der Waals surface area contributed by atoms with Crippen molar-refractivity contribution < 1.29 is 0 Å². The zero-order valence-electron chi connectivity index (χ0n) is 10.3. The normalized spacial score (nSPS) is 15.9. The van der Waals surface area contributed by atoms with Gasteiger partial charge in [-0.1, -0.05) is 6.07 Å². The number of nitrogens with zero attached hydrogens (tertiary/aromatic N) is 2. The van der Waals surface area contributed by atoms with Crippen LogP contribution in [-0.2, 0) is 0 Å². The third-order valence-electron chi connectivity index (χ3n) is 3.97.